The van der Waals surface area contributed by atoms with E-state index in [2.05, 4.69) is 21.2 Å². The summed E-state index contributed by atoms with van der Waals surface area (Å²) >= 11 is 3.56. The molecule has 1 saturated heterocycles. The smallest absolute Gasteiger partial charge is 0.175 e. The molecule has 1 atom stereocenters. The molecule has 6 heteroatoms. The molecular weight excluding hydrogens is 401 g/mol. The van der Waals surface area contributed by atoms with Gasteiger partial charge < -0.3 is 19.5 Å². The number of rotatable bonds is 8. The topological polar surface area (TPSA) is 39.7 Å². The van der Waals surface area contributed by atoms with Gasteiger partial charge in [-0.05, 0) is 64.2 Å². The van der Waals surface area contributed by atoms with E-state index in [9.17, 15) is 4.39 Å². The van der Waals surface area contributed by atoms with Crippen LogP contribution in [0.4, 0.5) is 4.39 Å². The number of hydrogen-bond donors (Lipinski definition) is 1. The largest absolute Gasteiger partial charge is 0.493 e. The predicted octanol–water partition coefficient (Wildman–Crippen LogP) is 4.44. The Bertz CT molecular complexity index is 718. The van der Waals surface area contributed by atoms with Gasteiger partial charge in [0.1, 0.15) is 12.4 Å². The molecule has 0 aliphatic carbocycles. The van der Waals surface area contributed by atoms with Crippen molar-refractivity contribution in [2.45, 2.75) is 32.1 Å². The van der Waals surface area contributed by atoms with E-state index in [0.717, 1.165) is 48.1 Å². The Kier molecular flexibility index (Phi) is 6.88. The number of hydrogen-bond acceptors (Lipinski definition) is 4. The Hall–Kier alpha value is -1.63. The zero-order chi connectivity index (χ0) is 18.4. The van der Waals surface area contributed by atoms with Gasteiger partial charge in [0.25, 0.3) is 0 Å². The minimum atomic E-state index is -0.257. The predicted molar refractivity (Wildman–Crippen MR) is 102 cm³/mol. The number of benzene rings is 2. The van der Waals surface area contributed by atoms with E-state index in [1.165, 1.54) is 12.1 Å². The van der Waals surface area contributed by atoms with Crippen molar-refractivity contribution in [3.8, 4) is 11.5 Å². The van der Waals surface area contributed by atoms with E-state index >= 15 is 0 Å². The SMILES string of the molecule is COc1cc(CNC[C@H]2CCCO2)cc(Br)c1OCc1ccc(F)cc1. The van der Waals surface area contributed by atoms with Gasteiger partial charge in [0.05, 0.1) is 17.7 Å². The molecule has 26 heavy (non-hydrogen) atoms. The Labute approximate surface area is 161 Å². The summed E-state index contributed by atoms with van der Waals surface area (Å²) in [5.74, 6) is 1.04. The van der Waals surface area contributed by atoms with Crippen LogP contribution in [0.3, 0.4) is 0 Å². The minimum Gasteiger partial charge on any atom is -0.493 e. The van der Waals surface area contributed by atoms with Crippen LogP contribution in [0, 0.1) is 5.82 Å². The van der Waals surface area contributed by atoms with Crippen LogP contribution in [0.5, 0.6) is 11.5 Å². The van der Waals surface area contributed by atoms with Gasteiger partial charge in [-0.2, -0.15) is 0 Å². The molecular formula is C20H23BrFNO3. The Morgan fingerprint density at radius 1 is 1.23 bits per heavy atom. The van der Waals surface area contributed by atoms with E-state index in [4.69, 9.17) is 14.2 Å². The molecule has 3 rings (SSSR count). The van der Waals surface area contributed by atoms with Crippen LogP contribution in [0.2, 0.25) is 0 Å². The van der Waals surface area contributed by atoms with Gasteiger partial charge in [0, 0.05) is 19.7 Å². The summed E-state index contributed by atoms with van der Waals surface area (Å²) in [4.78, 5) is 0. The number of halogens is 2. The second-order valence-corrected chi connectivity index (χ2v) is 7.14. The summed E-state index contributed by atoms with van der Waals surface area (Å²) in [5, 5.41) is 3.43. The van der Waals surface area contributed by atoms with Crippen LogP contribution in [0.1, 0.15) is 24.0 Å². The Balaban J connectivity index is 1.61. The monoisotopic (exact) mass is 423 g/mol. The number of methoxy groups -OCH3 is 1. The summed E-state index contributed by atoms with van der Waals surface area (Å²) in [6.45, 7) is 2.79. The normalized spacial score (nSPS) is 16.7. The van der Waals surface area contributed by atoms with Crippen molar-refractivity contribution in [2.24, 2.45) is 0 Å². The van der Waals surface area contributed by atoms with Crippen LogP contribution < -0.4 is 14.8 Å². The van der Waals surface area contributed by atoms with Crippen molar-refractivity contribution in [1.82, 2.24) is 5.32 Å². The lowest BCUT2D eigenvalue weighted by Gasteiger charge is -2.16. The third kappa shape index (κ3) is 5.19. The number of ether oxygens (including phenoxy) is 3. The van der Waals surface area contributed by atoms with Crippen LogP contribution in [0.25, 0.3) is 0 Å². The molecule has 0 spiro atoms. The molecule has 1 N–H and O–H groups in total. The van der Waals surface area contributed by atoms with E-state index in [0.29, 0.717) is 24.2 Å². The third-order valence-corrected chi connectivity index (χ3v) is 4.90. The fourth-order valence-corrected chi connectivity index (χ4v) is 3.54. The molecule has 0 saturated carbocycles. The summed E-state index contributed by atoms with van der Waals surface area (Å²) in [5.41, 5.74) is 1.99. The first-order valence-electron chi connectivity index (χ1n) is 8.71. The Morgan fingerprint density at radius 3 is 2.73 bits per heavy atom. The maximum absolute atomic E-state index is 13.0. The van der Waals surface area contributed by atoms with Gasteiger partial charge in [-0.25, -0.2) is 4.39 Å². The average molecular weight is 424 g/mol. The lowest BCUT2D eigenvalue weighted by Crippen LogP contribution is -2.25. The molecule has 140 valence electrons. The van der Waals surface area contributed by atoms with Crippen LogP contribution in [0.15, 0.2) is 40.9 Å². The van der Waals surface area contributed by atoms with Crippen molar-refractivity contribution >= 4 is 15.9 Å². The molecule has 1 fully saturated rings. The lowest BCUT2D eigenvalue weighted by molar-refractivity contribution is 0.110. The molecule has 1 heterocycles. The quantitative estimate of drug-likeness (QED) is 0.680. The van der Waals surface area contributed by atoms with Gasteiger partial charge in [-0.1, -0.05) is 12.1 Å². The van der Waals surface area contributed by atoms with Crippen LogP contribution >= 0.6 is 15.9 Å². The molecule has 0 aromatic heterocycles. The highest BCUT2D eigenvalue weighted by molar-refractivity contribution is 9.10. The van der Waals surface area contributed by atoms with Crippen molar-refractivity contribution in [1.29, 1.82) is 0 Å². The van der Waals surface area contributed by atoms with Crippen LogP contribution in [-0.2, 0) is 17.9 Å². The van der Waals surface area contributed by atoms with Gasteiger partial charge in [0.15, 0.2) is 11.5 Å². The summed E-state index contributed by atoms with van der Waals surface area (Å²) in [6, 6.07) is 10.2. The van der Waals surface area contributed by atoms with E-state index in [1.807, 2.05) is 12.1 Å². The lowest BCUT2D eigenvalue weighted by atomic mass is 10.2. The summed E-state index contributed by atoms with van der Waals surface area (Å²) < 4.78 is 30.8. The van der Waals surface area contributed by atoms with Crippen molar-refractivity contribution in [3.05, 3.63) is 57.8 Å². The fourth-order valence-electron chi connectivity index (χ4n) is 2.93. The Morgan fingerprint density at radius 2 is 2.04 bits per heavy atom. The van der Waals surface area contributed by atoms with E-state index in [-0.39, 0.29) is 5.82 Å². The third-order valence-electron chi connectivity index (χ3n) is 4.31. The molecule has 1 aliphatic rings. The van der Waals surface area contributed by atoms with Crippen molar-refractivity contribution < 1.29 is 18.6 Å². The minimum absolute atomic E-state index is 0.257. The molecule has 0 amide bonds. The highest BCUT2D eigenvalue weighted by Crippen LogP contribution is 2.37. The van der Waals surface area contributed by atoms with Gasteiger partial charge in [-0.3, -0.25) is 0 Å². The summed E-state index contributed by atoms with van der Waals surface area (Å²) in [7, 11) is 1.62. The second kappa shape index (κ2) is 9.35. The van der Waals surface area contributed by atoms with Crippen molar-refractivity contribution in [2.75, 3.05) is 20.3 Å². The second-order valence-electron chi connectivity index (χ2n) is 6.29. The average Bonchev–Trinajstić information content (AvgIpc) is 3.15. The first kappa shape index (κ1) is 19.1. The maximum atomic E-state index is 13.0. The van der Waals surface area contributed by atoms with Gasteiger partial charge in [0.2, 0.25) is 0 Å². The van der Waals surface area contributed by atoms with Crippen molar-refractivity contribution in [3.63, 3.8) is 0 Å². The zero-order valence-electron chi connectivity index (χ0n) is 14.8. The standard InChI is InChI=1S/C20H23BrFNO3/c1-24-19-10-15(11-23-12-17-3-2-8-25-17)9-18(21)20(19)26-13-14-4-6-16(22)7-5-14/h4-7,9-10,17,23H,2-3,8,11-13H2,1H3/t17-/m1/s1. The zero-order valence-corrected chi connectivity index (χ0v) is 16.4. The first-order chi connectivity index (χ1) is 12.7. The molecule has 2 aromatic rings. The van der Waals surface area contributed by atoms with E-state index in [1.54, 1.807) is 19.2 Å². The molecule has 4 nitrogen and oxygen atoms in total. The highest BCUT2D eigenvalue weighted by atomic mass is 79.9. The molecule has 0 bridgehead atoms. The molecule has 0 unspecified atom stereocenters. The molecule has 0 radical (unpaired) electrons. The fraction of sp³-hybridized carbons (Fsp3) is 0.400. The van der Waals surface area contributed by atoms with Crippen LogP contribution in [-0.4, -0.2) is 26.4 Å². The van der Waals surface area contributed by atoms with E-state index < -0.39 is 0 Å². The highest BCUT2D eigenvalue weighted by Gasteiger charge is 2.16. The first-order valence-corrected chi connectivity index (χ1v) is 9.51. The van der Waals surface area contributed by atoms with Gasteiger partial charge in [-0.15, -0.1) is 0 Å². The summed E-state index contributed by atoms with van der Waals surface area (Å²) in [6.07, 6.45) is 2.58. The van der Waals surface area contributed by atoms with Gasteiger partial charge >= 0.3 is 0 Å². The number of nitrogens with one attached hydrogen (secondary N) is 1. The molecule has 1 aliphatic heterocycles. The molecule has 2 aromatic carbocycles. The maximum Gasteiger partial charge on any atom is 0.175 e.